The molecular weight excluding hydrogens is 138 g/mol. The van der Waals surface area contributed by atoms with E-state index in [2.05, 4.69) is 15.7 Å². The van der Waals surface area contributed by atoms with E-state index in [0.29, 0.717) is 0 Å². The molecule has 3 heteroatoms. The van der Waals surface area contributed by atoms with Gasteiger partial charge in [0.2, 0.25) is 0 Å². The van der Waals surface area contributed by atoms with Gasteiger partial charge in [-0.15, -0.1) is 0 Å². The van der Waals surface area contributed by atoms with Crippen molar-refractivity contribution in [1.82, 2.24) is 9.55 Å². The Labute approximate surface area is 66.2 Å². The fourth-order valence-electron chi connectivity index (χ4n) is 1.65. The van der Waals surface area contributed by atoms with Gasteiger partial charge in [-0.3, -0.25) is 0 Å². The summed E-state index contributed by atoms with van der Waals surface area (Å²) in [5.41, 5.74) is 6.96. The van der Waals surface area contributed by atoms with E-state index < -0.39 is 0 Å². The van der Waals surface area contributed by atoms with Gasteiger partial charge in [0.1, 0.15) is 5.82 Å². The fraction of sp³-hybridized carbons (Fsp3) is 0.625. The van der Waals surface area contributed by atoms with Gasteiger partial charge in [0.25, 0.3) is 0 Å². The summed E-state index contributed by atoms with van der Waals surface area (Å²) in [5.74, 6) is 1.06. The van der Waals surface area contributed by atoms with Crippen molar-refractivity contribution in [3.8, 4) is 0 Å². The van der Waals surface area contributed by atoms with Gasteiger partial charge in [0, 0.05) is 12.7 Å². The van der Waals surface area contributed by atoms with Crippen molar-refractivity contribution in [2.45, 2.75) is 32.4 Å². The number of nitrogens with two attached hydrogens (primary N) is 1. The summed E-state index contributed by atoms with van der Waals surface area (Å²) in [6.45, 7) is 3.10. The molecule has 0 spiro atoms. The number of nitrogens with zero attached hydrogens (tertiary/aromatic N) is 2. The Morgan fingerprint density at radius 3 is 3.27 bits per heavy atom. The second-order valence-corrected chi connectivity index (χ2v) is 3.18. The highest BCUT2D eigenvalue weighted by molar-refractivity contribution is 5.07. The van der Waals surface area contributed by atoms with Gasteiger partial charge in [-0.1, -0.05) is 0 Å². The van der Waals surface area contributed by atoms with E-state index in [1.165, 1.54) is 6.42 Å². The van der Waals surface area contributed by atoms with E-state index in [4.69, 9.17) is 5.73 Å². The van der Waals surface area contributed by atoms with E-state index in [0.717, 1.165) is 24.5 Å². The standard InChI is InChI=1S/C8H13N3/c1-6-5-11-4-2-3-7(9)8(11)10-6/h5,7H,2-4,9H2,1H3. The molecular formula is C8H13N3. The maximum Gasteiger partial charge on any atom is 0.125 e. The van der Waals surface area contributed by atoms with Crippen LogP contribution in [0.4, 0.5) is 0 Å². The topological polar surface area (TPSA) is 43.8 Å². The average Bonchev–Trinajstić information content (AvgIpc) is 2.31. The Hall–Kier alpha value is -0.830. The van der Waals surface area contributed by atoms with Crippen molar-refractivity contribution in [1.29, 1.82) is 0 Å². The first kappa shape index (κ1) is 6.85. The minimum absolute atomic E-state index is 0.164. The fourth-order valence-corrected chi connectivity index (χ4v) is 1.65. The number of hydrogen-bond acceptors (Lipinski definition) is 2. The lowest BCUT2D eigenvalue weighted by molar-refractivity contribution is 0.451. The molecule has 1 aliphatic rings. The molecule has 1 aliphatic heterocycles. The van der Waals surface area contributed by atoms with Gasteiger partial charge in [0.05, 0.1) is 11.7 Å². The van der Waals surface area contributed by atoms with Gasteiger partial charge in [-0.2, -0.15) is 0 Å². The average molecular weight is 151 g/mol. The maximum absolute atomic E-state index is 5.88. The summed E-state index contributed by atoms with van der Waals surface area (Å²) in [7, 11) is 0. The molecule has 2 heterocycles. The zero-order chi connectivity index (χ0) is 7.84. The van der Waals surface area contributed by atoms with Crippen molar-refractivity contribution in [3.63, 3.8) is 0 Å². The van der Waals surface area contributed by atoms with Crippen molar-refractivity contribution in [2.24, 2.45) is 5.73 Å². The molecule has 0 radical (unpaired) electrons. The molecule has 0 amide bonds. The third-order valence-electron chi connectivity index (χ3n) is 2.17. The first-order valence-corrected chi connectivity index (χ1v) is 4.06. The molecule has 0 saturated heterocycles. The Kier molecular flexibility index (Phi) is 1.46. The van der Waals surface area contributed by atoms with Gasteiger partial charge < -0.3 is 10.3 Å². The summed E-state index contributed by atoms with van der Waals surface area (Å²) in [4.78, 5) is 4.37. The van der Waals surface area contributed by atoms with Crippen LogP contribution in [0.2, 0.25) is 0 Å². The molecule has 0 fully saturated rings. The SMILES string of the molecule is Cc1cn2c(n1)C(N)CCC2. The number of aryl methyl sites for hydroxylation is 2. The Balaban J connectivity index is 2.43. The van der Waals surface area contributed by atoms with E-state index in [-0.39, 0.29) is 6.04 Å². The molecule has 1 aromatic rings. The van der Waals surface area contributed by atoms with Crippen LogP contribution in [-0.2, 0) is 6.54 Å². The highest BCUT2D eigenvalue weighted by atomic mass is 15.1. The largest absolute Gasteiger partial charge is 0.333 e. The zero-order valence-electron chi connectivity index (χ0n) is 6.75. The van der Waals surface area contributed by atoms with Gasteiger partial charge in [0.15, 0.2) is 0 Å². The summed E-state index contributed by atoms with van der Waals surface area (Å²) < 4.78 is 2.17. The first-order valence-electron chi connectivity index (χ1n) is 4.06. The Morgan fingerprint density at radius 2 is 2.55 bits per heavy atom. The van der Waals surface area contributed by atoms with Crippen LogP contribution < -0.4 is 5.73 Å². The van der Waals surface area contributed by atoms with Gasteiger partial charge in [-0.05, 0) is 19.8 Å². The molecule has 3 nitrogen and oxygen atoms in total. The van der Waals surface area contributed by atoms with Crippen LogP contribution in [0.5, 0.6) is 0 Å². The highest BCUT2D eigenvalue weighted by Gasteiger charge is 2.17. The summed E-state index contributed by atoms with van der Waals surface area (Å²) in [6, 6.07) is 0.164. The lowest BCUT2D eigenvalue weighted by Gasteiger charge is -2.19. The third kappa shape index (κ3) is 1.05. The first-order chi connectivity index (χ1) is 5.27. The molecule has 1 aromatic heterocycles. The van der Waals surface area contributed by atoms with Crippen LogP contribution in [0, 0.1) is 6.92 Å². The van der Waals surface area contributed by atoms with Gasteiger partial charge in [-0.25, -0.2) is 4.98 Å². The lowest BCUT2D eigenvalue weighted by Crippen LogP contribution is -2.21. The Bertz CT molecular complexity index is 264. The predicted octanol–water partition coefficient (Wildman–Crippen LogP) is 0.985. The molecule has 0 aromatic carbocycles. The van der Waals surface area contributed by atoms with Crippen LogP contribution in [0.25, 0.3) is 0 Å². The molecule has 0 saturated carbocycles. The molecule has 0 bridgehead atoms. The third-order valence-corrected chi connectivity index (χ3v) is 2.17. The quantitative estimate of drug-likeness (QED) is 0.600. The van der Waals surface area contributed by atoms with Gasteiger partial charge >= 0.3 is 0 Å². The van der Waals surface area contributed by atoms with E-state index in [1.807, 2.05) is 6.92 Å². The van der Waals surface area contributed by atoms with Crippen LogP contribution in [0.3, 0.4) is 0 Å². The lowest BCUT2D eigenvalue weighted by atomic mass is 10.1. The van der Waals surface area contributed by atoms with E-state index >= 15 is 0 Å². The molecule has 2 N–H and O–H groups in total. The second kappa shape index (κ2) is 2.34. The number of imidazole rings is 1. The smallest absolute Gasteiger partial charge is 0.125 e. The van der Waals surface area contributed by atoms with Crippen molar-refractivity contribution in [2.75, 3.05) is 0 Å². The monoisotopic (exact) mass is 151 g/mol. The molecule has 0 aliphatic carbocycles. The highest BCUT2D eigenvalue weighted by Crippen LogP contribution is 2.21. The second-order valence-electron chi connectivity index (χ2n) is 3.18. The molecule has 2 rings (SSSR count). The number of rotatable bonds is 0. The molecule has 1 atom stereocenters. The normalized spacial score (nSPS) is 23.3. The van der Waals surface area contributed by atoms with Crippen molar-refractivity contribution < 1.29 is 0 Å². The minimum Gasteiger partial charge on any atom is -0.333 e. The van der Waals surface area contributed by atoms with Crippen LogP contribution in [-0.4, -0.2) is 9.55 Å². The van der Waals surface area contributed by atoms with Crippen molar-refractivity contribution >= 4 is 0 Å². The maximum atomic E-state index is 5.88. The van der Waals surface area contributed by atoms with Crippen molar-refractivity contribution in [3.05, 3.63) is 17.7 Å². The van der Waals surface area contributed by atoms with Crippen LogP contribution in [0.15, 0.2) is 6.20 Å². The van der Waals surface area contributed by atoms with E-state index in [9.17, 15) is 0 Å². The zero-order valence-corrected chi connectivity index (χ0v) is 6.75. The summed E-state index contributed by atoms with van der Waals surface area (Å²) in [6.07, 6.45) is 4.34. The van der Waals surface area contributed by atoms with Crippen LogP contribution in [0.1, 0.15) is 30.4 Å². The number of fused-ring (bicyclic) bond motifs is 1. The molecule has 60 valence electrons. The minimum atomic E-state index is 0.164. The number of aromatic nitrogens is 2. The molecule has 1 unspecified atom stereocenters. The van der Waals surface area contributed by atoms with Crippen LogP contribution >= 0.6 is 0 Å². The predicted molar refractivity (Wildman–Crippen MR) is 43.1 cm³/mol. The number of hydrogen-bond donors (Lipinski definition) is 1. The summed E-state index contributed by atoms with van der Waals surface area (Å²) >= 11 is 0. The molecule has 11 heavy (non-hydrogen) atoms. The van der Waals surface area contributed by atoms with E-state index in [1.54, 1.807) is 0 Å². The Morgan fingerprint density at radius 1 is 1.73 bits per heavy atom. The summed E-state index contributed by atoms with van der Waals surface area (Å²) in [5, 5.41) is 0.